The molecule has 0 atom stereocenters. The Labute approximate surface area is 124 Å². The minimum absolute atomic E-state index is 0.244. The summed E-state index contributed by atoms with van der Waals surface area (Å²) >= 11 is 0. The molecule has 2 aromatic carbocycles. The van der Waals surface area contributed by atoms with Crippen molar-refractivity contribution in [2.24, 2.45) is 0 Å². The summed E-state index contributed by atoms with van der Waals surface area (Å²) in [7, 11) is 0. The van der Waals surface area contributed by atoms with E-state index in [0.29, 0.717) is 17.9 Å². The fraction of sp³-hybridized carbons (Fsp3) is 0.133. The Morgan fingerprint density at radius 2 is 1.91 bits per heavy atom. The number of carbonyl (C=O) groups is 1. The normalized spacial score (nSPS) is 10.3. The highest BCUT2D eigenvalue weighted by Gasteiger charge is 2.24. The Morgan fingerprint density at radius 1 is 1.27 bits per heavy atom. The van der Waals surface area contributed by atoms with E-state index in [-0.39, 0.29) is 5.56 Å². The maximum Gasteiger partial charge on any atom is 0.338 e. The van der Waals surface area contributed by atoms with Crippen molar-refractivity contribution in [1.82, 2.24) is 0 Å². The van der Waals surface area contributed by atoms with Gasteiger partial charge < -0.3 is 9.84 Å². The first-order valence-corrected chi connectivity index (χ1v) is 6.38. The molecular formula is C15H12FNO5. The number of nitrogens with zero attached hydrogens (tertiary/aromatic N) is 1. The molecule has 0 fully saturated rings. The van der Waals surface area contributed by atoms with Gasteiger partial charge in [0.15, 0.2) is 0 Å². The minimum atomic E-state index is -1.56. The van der Waals surface area contributed by atoms with E-state index in [9.17, 15) is 19.3 Å². The van der Waals surface area contributed by atoms with Crippen LogP contribution < -0.4 is 4.74 Å². The lowest BCUT2D eigenvalue weighted by Crippen LogP contribution is -2.04. The topological polar surface area (TPSA) is 89.7 Å². The van der Waals surface area contributed by atoms with E-state index in [4.69, 9.17) is 9.84 Å². The van der Waals surface area contributed by atoms with Crippen molar-refractivity contribution in [3.05, 3.63) is 57.9 Å². The molecule has 2 rings (SSSR count). The minimum Gasteiger partial charge on any atom is -0.494 e. The second-order valence-electron chi connectivity index (χ2n) is 4.38. The summed E-state index contributed by atoms with van der Waals surface area (Å²) in [5, 5.41) is 19.8. The van der Waals surface area contributed by atoms with Gasteiger partial charge in [0.05, 0.1) is 11.5 Å². The molecule has 0 saturated heterocycles. The van der Waals surface area contributed by atoms with Gasteiger partial charge in [0.25, 0.3) is 0 Å². The molecule has 0 amide bonds. The predicted octanol–water partition coefficient (Wildman–Crippen LogP) is 3.50. The van der Waals surface area contributed by atoms with Gasteiger partial charge in [0.2, 0.25) is 5.82 Å². The van der Waals surface area contributed by atoms with Crippen LogP contribution >= 0.6 is 0 Å². The first-order valence-electron chi connectivity index (χ1n) is 6.38. The van der Waals surface area contributed by atoms with Crippen LogP contribution in [-0.4, -0.2) is 22.6 Å². The van der Waals surface area contributed by atoms with E-state index in [1.54, 1.807) is 24.3 Å². The molecule has 0 aliphatic rings. The van der Waals surface area contributed by atoms with Gasteiger partial charge in [-0.25, -0.2) is 4.79 Å². The molecule has 1 N–H and O–H groups in total. The zero-order valence-corrected chi connectivity index (χ0v) is 11.6. The highest BCUT2D eigenvalue weighted by Crippen LogP contribution is 2.30. The van der Waals surface area contributed by atoms with Crippen LogP contribution in [0, 0.1) is 15.9 Å². The Balaban J connectivity index is 2.55. The molecule has 0 heterocycles. The fourth-order valence-electron chi connectivity index (χ4n) is 1.97. The Bertz CT molecular complexity index is 692. The molecule has 0 aliphatic carbocycles. The number of benzene rings is 2. The van der Waals surface area contributed by atoms with Crippen LogP contribution in [0.4, 0.5) is 10.1 Å². The Hall–Kier alpha value is -2.96. The molecule has 0 unspecified atom stereocenters. The number of halogens is 1. The molecule has 2 aromatic rings. The molecule has 22 heavy (non-hydrogen) atoms. The highest BCUT2D eigenvalue weighted by molar-refractivity contribution is 5.91. The fourth-order valence-corrected chi connectivity index (χ4v) is 1.97. The highest BCUT2D eigenvalue weighted by atomic mass is 19.1. The summed E-state index contributed by atoms with van der Waals surface area (Å²) in [4.78, 5) is 21.0. The SMILES string of the molecule is CCOc1ccc(-c2cc(C(=O)O)c(F)c([N+](=O)[O-])c2)cc1. The third-order valence-corrected chi connectivity index (χ3v) is 2.98. The number of aromatic carboxylic acids is 1. The number of hydrogen-bond donors (Lipinski definition) is 1. The zero-order valence-electron chi connectivity index (χ0n) is 11.6. The average molecular weight is 305 g/mol. The number of nitro benzene ring substituents is 1. The number of ether oxygens (including phenoxy) is 1. The lowest BCUT2D eigenvalue weighted by molar-refractivity contribution is -0.387. The monoisotopic (exact) mass is 305 g/mol. The number of carboxylic acids is 1. The van der Waals surface area contributed by atoms with Gasteiger partial charge in [-0.3, -0.25) is 10.1 Å². The van der Waals surface area contributed by atoms with Crippen LogP contribution in [0.25, 0.3) is 11.1 Å². The third-order valence-electron chi connectivity index (χ3n) is 2.98. The smallest absolute Gasteiger partial charge is 0.338 e. The lowest BCUT2D eigenvalue weighted by atomic mass is 10.0. The molecule has 6 nitrogen and oxygen atoms in total. The average Bonchev–Trinajstić information content (AvgIpc) is 2.48. The van der Waals surface area contributed by atoms with Gasteiger partial charge in [-0.15, -0.1) is 0 Å². The largest absolute Gasteiger partial charge is 0.494 e. The number of hydrogen-bond acceptors (Lipinski definition) is 4. The maximum atomic E-state index is 13.8. The van der Waals surface area contributed by atoms with Crippen molar-refractivity contribution in [3.63, 3.8) is 0 Å². The summed E-state index contributed by atoms with van der Waals surface area (Å²) in [5.74, 6) is -2.30. The van der Waals surface area contributed by atoms with Gasteiger partial charge in [0.1, 0.15) is 11.3 Å². The molecular weight excluding hydrogens is 293 g/mol. The van der Waals surface area contributed by atoms with Crippen molar-refractivity contribution in [1.29, 1.82) is 0 Å². The standard InChI is InChI=1S/C15H12FNO5/c1-2-22-11-5-3-9(4-6-11)10-7-12(15(18)19)14(16)13(8-10)17(20)21/h3-8H,2H2,1H3,(H,18,19). The summed E-state index contributed by atoms with van der Waals surface area (Å²) in [5.41, 5.74) is -0.843. The summed E-state index contributed by atoms with van der Waals surface area (Å²) < 4.78 is 19.1. The van der Waals surface area contributed by atoms with E-state index in [1.165, 1.54) is 0 Å². The maximum absolute atomic E-state index is 13.8. The van der Waals surface area contributed by atoms with E-state index in [1.807, 2.05) is 6.92 Å². The Morgan fingerprint density at radius 3 is 2.41 bits per heavy atom. The van der Waals surface area contributed by atoms with Gasteiger partial charge >= 0.3 is 11.7 Å². The summed E-state index contributed by atoms with van der Waals surface area (Å²) in [6.45, 7) is 2.32. The van der Waals surface area contributed by atoms with Crippen LogP contribution in [0.3, 0.4) is 0 Å². The molecule has 0 radical (unpaired) electrons. The molecule has 0 spiro atoms. The van der Waals surface area contributed by atoms with Gasteiger partial charge in [-0.05, 0) is 36.2 Å². The summed E-state index contributed by atoms with van der Waals surface area (Å²) in [6.07, 6.45) is 0. The Kier molecular flexibility index (Phi) is 4.36. The number of nitro groups is 1. The van der Waals surface area contributed by atoms with Crippen LogP contribution in [0.1, 0.15) is 17.3 Å². The second kappa shape index (κ2) is 6.21. The van der Waals surface area contributed by atoms with Crippen LogP contribution in [0.2, 0.25) is 0 Å². The molecule has 0 aromatic heterocycles. The predicted molar refractivity (Wildman–Crippen MR) is 76.6 cm³/mol. The van der Waals surface area contributed by atoms with Crippen molar-refractivity contribution in [2.75, 3.05) is 6.61 Å². The first kappa shape index (κ1) is 15.4. The van der Waals surface area contributed by atoms with Gasteiger partial charge in [-0.1, -0.05) is 12.1 Å². The third kappa shape index (κ3) is 3.03. The number of carboxylic acid groups (broad SMARTS) is 1. The van der Waals surface area contributed by atoms with E-state index >= 15 is 0 Å². The van der Waals surface area contributed by atoms with E-state index < -0.39 is 28.0 Å². The molecule has 0 bridgehead atoms. The van der Waals surface area contributed by atoms with E-state index in [0.717, 1.165) is 12.1 Å². The van der Waals surface area contributed by atoms with Crippen molar-refractivity contribution >= 4 is 11.7 Å². The molecule has 7 heteroatoms. The van der Waals surface area contributed by atoms with Gasteiger partial charge in [-0.2, -0.15) is 4.39 Å². The van der Waals surface area contributed by atoms with Crippen molar-refractivity contribution in [3.8, 4) is 16.9 Å². The van der Waals surface area contributed by atoms with Gasteiger partial charge in [0, 0.05) is 6.07 Å². The molecule has 0 saturated carbocycles. The van der Waals surface area contributed by atoms with Crippen LogP contribution in [0.5, 0.6) is 5.75 Å². The summed E-state index contributed by atoms with van der Waals surface area (Å²) in [6, 6.07) is 8.61. The lowest BCUT2D eigenvalue weighted by Gasteiger charge is -2.07. The molecule has 0 aliphatic heterocycles. The van der Waals surface area contributed by atoms with E-state index in [2.05, 4.69) is 0 Å². The zero-order chi connectivity index (χ0) is 16.3. The first-order chi connectivity index (χ1) is 10.4. The van der Waals surface area contributed by atoms with Crippen molar-refractivity contribution in [2.45, 2.75) is 6.92 Å². The second-order valence-corrected chi connectivity index (χ2v) is 4.38. The van der Waals surface area contributed by atoms with Crippen LogP contribution in [-0.2, 0) is 0 Å². The molecule has 114 valence electrons. The quantitative estimate of drug-likeness (QED) is 0.674. The van der Waals surface area contributed by atoms with Crippen molar-refractivity contribution < 1.29 is 24.0 Å². The number of rotatable bonds is 5. The van der Waals surface area contributed by atoms with Crippen LogP contribution in [0.15, 0.2) is 36.4 Å².